The molecule has 2 aromatic rings. The van der Waals surface area contributed by atoms with Gasteiger partial charge in [0.15, 0.2) is 6.23 Å². The number of carbonyl (C=O) groups excluding carboxylic acids is 1. The number of rotatable bonds is 5. The molecule has 0 saturated heterocycles. The van der Waals surface area contributed by atoms with Crippen molar-refractivity contribution in [2.24, 2.45) is 0 Å². The van der Waals surface area contributed by atoms with E-state index in [1.165, 1.54) is 10.8 Å². The topological polar surface area (TPSA) is 90.4 Å². The molecule has 0 radical (unpaired) electrons. The maximum Gasteiger partial charge on any atom is 0.338 e. The first-order valence-corrected chi connectivity index (χ1v) is 9.07. The Morgan fingerprint density at radius 3 is 2.72 bits per heavy atom. The third kappa shape index (κ3) is 4.07. The number of alkyl halides is 1. The van der Waals surface area contributed by atoms with Crippen molar-refractivity contribution in [3.63, 3.8) is 0 Å². The molecule has 3 rings (SSSR count). The molecule has 2 atom stereocenters. The van der Waals surface area contributed by atoms with Gasteiger partial charge in [-0.2, -0.15) is 0 Å². The van der Waals surface area contributed by atoms with E-state index in [0.717, 1.165) is 0 Å². The van der Waals surface area contributed by atoms with Crippen molar-refractivity contribution in [3.05, 3.63) is 80.6 Å². The van der Waals surface area contributed by atoms with E-state index in [-0.39, 0.29) is 6.61 Å². The molecule has 1 aromatic carbocycles. The molecule has 2 heterocycles. The molecule has 130 valence electrons. The van der Waals surface area contributed by atoms with Crippen LogP contribution in [-0.2, 0) is 13.9 Å². The number of H-pyrrole nitrogens is 1. The van der Waals surface area contributed by atoms with Gasteiger partial charge in [0, 0.05) is 16.2 Å². The molecule has 1 aliphatic rings. The second-order valence-electron chi connectivity index (χ2n) is 5.37. The lowest BCUT2D eigenvalue weighted by Crippen LogP contribution is -2.34. The van der Waals surface area contributed by atoms with Crippen LogP contribution in [0, 0.1) is 0 Å². The maximum absolute atomic E-state index is 12.0. The van der Waals surface area contributed by atoms with Crippen molar-refractivity contribution < 1.29 is 14.3 Å². The fourth-order valence-electron chi connectivity index (χ4n) is 2.37. The minimum absolute atomic E-state index is 0.0397. The summed E-state index contributed by atoms with van der Waals surface area (Å²) in [4.78, 5) is 37.8. The number of esters is 1. The van der Waals surface area contributed by atoms with Gasteiger partial charge in [-0.3, -0.25) is 14.3 Å². The first kappa shape index (κ1) is 17.6. The molecule has 25 heavy (non-hydrogen) atoms. The third-order valence-electron chi connectivity index (χ3n) is 3.65. The van der Waals surface area contributed by atoms with E-state index in [0.29, 0.717) is 15.6 Å². The zero-order valence-corrected chi connectivity index (χ0v) is 15.2. The lowest BCUT2D eigenvalue weighted by atomic mass is 10.2. The van der Waals surface area contributed by atoms with Crippen molar-refractivity contribution in [1.82, 2.24) is 9.55 Å². The lowest BCUT2D eigenvalue weighted by molar-refractivity contribution is -0.0223. The quantitative estimate of drug-likeness (QED) is 0.322. The summed E-state index contributed by atoms with van der Waals surface area (Å²) in [5, 5.41) is 0. The molecule has 0 amide bonds. The molecule has 7 nitrogen and oxygen atoms in total. The number of nitrogens with zero attached hydrogens (tertiary/aromatic N) is 1. The molecule has 8 heteroatoms. The SMILES string of the molecule is O=C(OC[C@@H]1C=C[C@H](n2cc(CI)c(=O)[nH]c2=O)O1)c1ccccc1. The monoisotopic (exact) mass is 454 g/mol. The first-order valence-electron chi connectivity index (χ1n) is 7.55. The van der Waals surface area contributed by atoms with Crippen LogP contribution < -0.4 is 11.2 Å². The number of aromatic amines is 1. The summed E-state index contributed by atoms with van der Waals surface area (Å²) in [5.41, 5.74) is 0.00173. The van der Waals surface area contributed by atoms with Crippen LogP contribution in [0.2, 0.25) is 0 Å². The first-order chi connectivity index (χ1) is 12.1. The summed E-state index contributed by atoms with van der Waals surface area (Å²) in [7, 11) is 0. The number of nitrogens with one attached hydrogen (secondary N) is 1. The Labute approximate surface area is 156 Å². The van der Waals surface area contributed by atoms with Crippen molar-refractivity contribution in [3.8, 4) is 0 Å². The average Bonchev–Trinajstić information content (AvgIpc) is 3.09. The molecule has 0 spiro atoms. The second-order valence-corrected chi connectivity index (χ2v) is 6.13. The Hall–Kier alpha value is -2.20. The van der Waals surface area contributed by atoms with Gasteiger partial charge in [-0.25, -0.2) is 9.59 Å². The molecule has 0 saturated carbocycles. The van der Waals surface area contributed by atoms with Gasteiger partial charge in [-0.15, -0.1) is 0 Å². The largest absolute Gasteiger partial charge is 0.459 e. The van der Waals surface area contributed by atoms with E-state index in [1.54, 1.807) is 36.4 Å². The Morgan fingerprint density at radius 2 is 2.00 bits per heavy atom. The van der Waals surface area contributed by atoms with Crippen LogP contribution in [0.5, 0.6) is 0 Å². The van der Waals surface area contributed by atoms with E-state index in [9.17, 15) is 14.4 Å². The highest BCUT2D eigenvalue weighted by Gasteiger charge is 2.23. The Bertz CT molecular complexity index is 903. The summed E-state index contributed by atoms with van der Waals surface area (Å²) in [5.74, 6) is -0.436. The molecular weight excluding hydrogens is 439 g/mol. The van der Waals surface area contributed by atoms with E-state index >= 15 is 0 Å². The number of hydrogen-bond donors (Lipinski definition) is 1. The van der Waals surface area contributed by atoms with E-state index < -0.39 is 29.6 Å². The van der Waals surface area contributed by atoms with Crippen LogP contribution in [0.25, 0.3) is 0 Å². The number of halogens is 1. The maximum atomic E-state index is 12.0. The summed E-state index contributed by atoms with van der Waals surface area (Å²) < 4.78 is 12.7. The van der Waals surface area contributed by atoms with Crippen LogP contribution in [0.15, 0.2) is 58.3 Å². The van der Waals surface area contributed by atoms with Crippen LogP contribution in [0.1, 0.15) is 22.1 Å². The third-order valence-corrected chi connectivity index (χ3v) is 4.47. The van der Waals surface area contributed by atoms with Crippen molar-refractivity contribution >= 4 is 28.6 Å². The fraction of sp³-hybridized carbons (Fsp3) is 0.235. The Morgan fingerprint density at radius 1 is 1.24 bits per heavy atom. The van der Waals surface area contributed by atoms with E-state index in [1.807, 2.05) is 28.7 Å². The lowest BCUT2D eigenvalue weighted by Gasteiger charge is -2.16. The predicted octanol–water partition coefficient (Wildman–Crippen LogP) is 1.78. The number of benzene rings is 1. The molecule has 0 unspecified atom stereocenters. The van der Waals surface area contributed by atoms with Gasteiger partial charge in [-0.05, 0) is 18.2 Å². The zero-order chi connectivity index (χ0) is 17.8. The minimum Gasteiger partial charge on any atom is -0.459 e. The number of ether oxygens (including phenoxy) is 2. The van der Waals surface area contributed by atoms with Gasteiger partial charge in [0.1, 0.15) is 12.7 Å². The van der Waals surface area contributed by atoms with Gasteiger partial charge in [0.05, 0.1) is 5.56 Å². The van der Waals surface area contributed by atoms with Crippen LogP contribution >= 0.6 is 22.6 Å². The molecule has 1 aliphatic heterocycles. The highest BCUT2D eigenvalue weighted by molar-refractivity contribution is 14.1. The summed E-state index contributed by atoms with van der Waals surface area (Å²) in [6, 6.07) is 8.66. The molecule has 0 fully saturated rings. The van der Waals surface area contributed by atoms with Gasteiger partial charge in [-0.1, -0.05) is 46.9 Å². The number of carbonyl (C=O) groups is 1. The Balaban J connectivity index is 1.63. The predicted molar refractivity (Wildman–Crippen MR) is 98.8 cm³/mol. The second kappa shape index (κ2) is 7.79. The van der Waals surface area contributed by atoms with E-state index in [4.69, 9.17) is 9.47 Å². The van der Waals surface area contributed by atoms with Crippen LogP contribution in [-0.4, -0.2) is 28.2 Å². The van der Waals surface area contributed by atoms with Gasteiger partial charge in [0.2, 0.25) is 0 Å². The van der Waals surface area contributed by atoms with Crippen LogP contribution in [0.3, 0.4) is 0 Å². The Kier molecular flexibility index (Phi) is 5.49. The smallest absolute Gasteiger partial charge is 0.338 e. The number of aromatic nitrogens is 2. The van der Waals surface area contributed by atoms with Gasteiger partial charge in [0.25, 0.3) is 5.56 Å². The fourth-order valence-corrected chi connectivity index (χ4v) is 2.91. The highest BCUT2D eigenvalue weighted by Crippen LogP contribution is 2.20. The average molecular weight is 454 g/mol. The normalized spacial score (nSPS) is 19.1. The summed E-state index contributed by atoms with van der Waals surface area (Å²) in [6.45, 7) is 0.0397. The molecule has 1 aromatic heterocycles. The van der Waals surface area contributed by atoms with Crippen molar-refractivity contribution in [2.45, 2.75) is 16.8 Å². The minimum atomic E-state index is -0.647. The summed E-state index contributed by atoms with van der Waals surface area (Å²) >= 11 is 2.05. The standard InChI is InChI=1S/C17H15IN2O5/c18-8-12-9-20(17(23)19-15(12)21)14-7-6-13(25-14)10-24-16(22)11-4-2-1-3-5-11/h1-7,9,13-14H,8,10H2,(H,19,21,23)/t13-,14+/m0/s1. The molecular formula is C17H15IN2O5. The number of hydrogen-bond acceptors (Lipinski definition) is 5. The van der Waals surface area contributed by atoms with Gasteiger partial charge < -0.3 is 9.47 Å². The van der Waals surface area contributed by atoms with E-state index in [2.05, 4.69) is 4.98 Å². The van der Waals surface area contributed by atoms with Crippen molar-refractivity contribution in [1.29, 1.82) is 0 Å². The molecule has 0 bridgehead atoms. The van der Waals surface area contributed by atoms with Gasteiger partial charge >= 0.3 is 11.7 Å². The van der Waals surface area contributed by atoms with Crippen LogP contribution in [0.4, 0.5) is 0 Å². The van der Waals surface area contributed by atoms with Crippen molar-refractivity contribution in [2.75, 3.05) is 6.61 Å². The highest BCUT2D eigenvalue weighted by atomic mass is 127. The zero-order valence-electron chi connectivity index (χ0n) is 13.1. The molecule has 0 aliphatic carbocycles. The summed E-state index contributed by atoms with van der Waals surface area (Å²) in [6.07, 6.45) is 3.80. The molecule has 1 N–H and O–H groups in total.